The fourth-order valence-corrected chi connectivity index (χ4v) is 1.52. The topological polar surface area (TPSA) is 43.8 Å². The third-order valence-electron chi connectivity index (χ3n) is 2.36. The molecule has 0 radical (unpaired) electrons. The zero-order valence-electron chi connectivity index (χ0n) is 8.96. The molecular formula is C11H11F2N3. The first kappa shape index (κ1) is 10.6. The van der Waals surface area contributed by atoms with Gasteiger partial charge in [0.1, 0.15) is 5.82 Å². The number of nitrogen functional groups attached to an aromatic ring is 1. The van der Waals surface area contributed by atoms with Gasteiger partial charge in [-0.1, -0.05) is 0 Å². The summed E-state index contributed by atoms with van der Waals surface area (Å²) in [6, 6.07) is 4.20. The lowest BCUT2D eigenvalue weighted by Crippen LogP contribution is -1.97. The highest BCUT2D eigenvalue weighted by atomic mass is 19.2. The highest BCUT2D eigenvalue weighted by molar-refractivity contribution is 5.64. The molecule has 2 aromatic rings. The van der Waals surface area contributed by atoms with Crippen molar-refractivity contribution in [3.8, 4) is 11.3 Å². The predicted octanol–water partition coefficient (Wildman–Crippen LogP) is 2.26. The maximum absolute atomic E-state index is 13.5. The van der Waals surface area contributed by atoms with E-state index in [1.54, 1.807) is 20.0 Å². The first-order valence-corrected chi connectivity index (χ1v) is 4.74. The van der Waals surface area contributed by atoms with Crippen molar-refractivity contribution >= 4 is 5.82 Å². The van der Waals surface area contributed by atoms with Gasteiger partial charge < -0.3 is 5.73 Å². The summed E-state index contributed by atoms with van der Waals surface area (Å²) < 4.78 is 28.1. The molecule has 0 fully saturated rings. The molecule has 0 bridgehead atoms. The van der Waals surface area contributed by atoms with E-state index in [1.165, 1.54) is 10.7 Å². The lowest BCUT2D eigenvalue weighted by Gasteiger charge is -2.02. The normalized spacial score (nSPS) is 10.8. The van der Waals surface area contributed by atoms with Gasteiger partial charge in [0.2, 0.25) is 0 Å². The zero-order chi connectivity index (χ0) is 11.9. The van der Waals surface area contributed by atoms with Crippen molar-refractivity contribution in [3.05, 3.63) is 35.4 Å². The van der Waals surface area contributed by atoms with Gasteiger partial charge in [0.15, 0.2) is 11.6 Å². The van der Waals surface area contributed by atoms with E-state index in [-0.39, 0.29) is 5.56 Å². The SMILES string of the molecule is Cc1cc(F)c(F)c(-c2cc(N)n(C)n2)c1. The molecule has 5 heteroatoms. The Bertz CT molecular complexity index is 527. The summed E-state index contributed by atoms with van der Waals surface area (Å²) in [6.07, 6.45) is 0. The van der Waals surface area contributed by atoms with Crippen LogP contribution < -0.4 is 5.73 Å². The molecule has 1 aromatic heterocycles. The Morgan fingerprint density at radius 2 is 1.94 bits per heavy atom. The summed E-state index contributed by atoms with van der Waals surface area (Å²) in [5, 5.41) is 4.01. The van der Waals surface area contributed by atoms with Crippen molar-refractivity contribution in [1.82, 2.24) is 9.78 Å². The molecule has 0 unspecified atom stereocenters. The quantitative estimate of drug-likeness (QED) is 0.805. The van der Waals surface area contributed by atoms with E-state index in [4.69, 9.17) is 5.73 Å². The Hall–Kier alpha value is -1.91. The lowest BCUT2D eigenvalue weighted by molar-refractivity contribution is 0.510. The van der Waals surface area contributed by atoms with Crippen LogP contribution in [-0.4, -0.2) is 9.78 Å². The van der Waals surface area contributed by atoms with Crippen LogP contribution in [0.3, 0.4) is 0 Å². The van der Waals surface area contributed by atoms with Crippen LogP contribution >= 0.6 is 0 Å². The second-order valence-electron chi connectivity index (χ2n) is 3.69. The van der Waals surface area contributed by atoms with Crippen LogP contribution in [0.4, 0.5) is 14.6 Å². The number of benzene rings is 1. The van der Waals surface area contributed by atoms with Gasteiger partial charge in [-0.2, -0.15) is 5.10 Å². The van der Waals surface area contributed by atoms with Crippen LogP contribution in [0, 0.1) is 18.6 Å². The van der Waals surface area contributed by atoms with Crippen molar-refractivity contribution < 1.29 is 8.78 Å². The maximum Gasteiger partial charge on any atom is 0.168 e. The van der Waals surface area contributed by atoms with Gasteiger partial charge in [-0.3, -0.25) is 4.68 Å². The fourth-order valence-electron chi connectivity index (χ4n) is 1.52. The lowest BCUT2D eigenvalue weighted by atomic mass is 10.1. The summed E-state index contributed by atoms with van der Waals surface area (Å²) >= 11 is 0. The van der Waals surface area contributed by atoms with E-state index in [0.29, 0.717) is 17.1 Å². The number of hydrogen-bond donors (Lipinski definition) is 1. The summed E-state index contributed by atoms with van der Waals surface area (Å²) in [7, 11) is 1.64. The van der Waals surface area contributed by atoms with Crippen LogP contribution in [-0.2, 0) is 7.05 Å². The molecule has 0 saturated heterocycles. The number of nitrogens with two attached hydrogens (primary N) is 1. The number of anilines is 1. The van der Waals surface area contributed by atoms with E-state index in [2.05, 4.69) is 5.10 Å². The second kappa shape index (κ2) is 3.59. The summed E-state index contributed by atoms with van der Waals surface area (Å²) in [5.74, 6) is -1.38. The molecule has 0 saturated carbocycles. The van der Waals surface area contributed by atoms with Crippen molar-refractivity contribution in [2.45, 2.75) is 6.92 Å². The fraction of sp³-hybridized carbons (Fsp3) is 0.182. The van der Waals surface area contributed by atoms with Crippen LogP contribution in [0.15, 0.2) is 18.2 Å². The van der Waals surface area contributed by atoms with Gasteiger partial charge in [-0.25, -0.2) is 8.78 Å². The second-order valence-corrected chi connectivity index (χ2v) is 3.69. The molecule has 3 nitrogen and oxygen atoms in total. The summed E-state index contributed by atoms with van der Waals surface area (Å²) in [6.45, 7) is 1.69. The smallest absolute Gasteiger partial charge is 0.168 e. The molecule has 84 valence electrons. The van der Waals surface area contributed by atoms with Crippen molar-refractivity contribution in [2.24, 2.45) is 7.05 Å². The molecule has 0 aliphatic rings. The Morgan fingerprint density at radius 1 is 1.25 bits per heavy atom. The third-order valence-corrected chi connectivity index (χ3v) is 2.36. The van der Waals surface area contributed by atoms with E-state index < -0.39 is 11.6 Å². The Morgan fingerprint density at radius 3 is 2.50 bits per heavy atom. The van der Waals surface area contributed by atoms with Crippen LogP contribution in [0.5, 0.6) is 0 Å². The van der Waals surface area contributed by atoms with Gasteiger partial charge in [-0.15, -0.1) is 0 Å². The number of nitrogens with zero attached hydrogens (tertiary/aromatic N) is 2. The van der Waals surface area contributed by atoms with E-state index in [9.17, 15) is 8.78 Å². The van der Waals surface area contributed by atoms with Gasteiger partial charge in [0.25, 0.3) is 0 Å². The molecule has 0 atom stereocenters. The molecule has 0 amide bonds. The number of halogens is 2. The largest absolute Gasteiger partial charge is 0.384 e. The average Bonchev–Trinajstić information content (AvgIpc) is 2.53. The molecule has 1 heterocycles. The monoisotopic (exact) mass is 223 g/mol. The predicted molar refractivity (Wildman–Crippen MR) is 57.7 cm³/mol. The number of aryl methyl sites for hydroxylation is 2. The molecule has 0 aliphatic heterocycles. The molecule has 16 heavy (non-hydrogen) atoms. The summed E-state index contributed by atoms with van der Waals surface area (Å²) in [5.41, 5.74) is 6.69. The van der Waals surface area contributed by atoms with Crippen LogP contribution in [0.1, 0.15) is 5.56 Å². The first-order valence-electron chi connectivity index (χ1n) is 4.74. The third kappa shape index (κ3) is 1.64. The minimum Gasteiger partial charge on any atom is -0.384 e. The molecule has 2 N–H and O–H groups in total. The van der Waals surface area contributed by atoms with Gasteiger partial charge in [0.05, 0.1) is 5.69 Å². The first-order chi connectivity index (χ1) is 7.49. The minimum atomic E-state index is -0.899. The minimum absolute atomic E-state index is 0.129. The molecule has 0 aliphatic carbocycles. The van der Waals surface area contributed by atoms with Crippen molar-refractivity contribution in [2.75, 3.05) is 5.73 Å². The summed E-state index contributed by atoms with van der Waals surface area (Å²) in [4.78, 5) is 0. The highest BCUT2D eigenvalue weighted by Crippen LogP contribution is 2.26. The molecule has 0 spiro atoms. The standard InChI is InChI=1S/C11H11F2N3/c1-6-3-7(11(13)8(12)4-6)9-5-10(14)16(2)15-9/h3-5H,14H2,1-2H3. The number of rotatable bonds is 1. The van der Waals surface area contributed by atoms with E-state index >= 15 is 0 Å². The van der Waals surface area contributed by atoms with Crippen molar-refractivity contribution in [1.29, 1.82) is 0 Å². The van der Waals surface area contributed by atoms with Crippen LogP contribution in [0.25, 0.3) is 11.3 Å². The maximum atomic E-state index is 13.5. The molecule has 1 aromatic carbocycles. The molecule has 2 rings (SSSR count). The Labute approximate surface area is 91.5 Å². The van der Waals surface area contributed by atoms with Crippen molar-refractivity contribution in [3.63, 3.8) is 0 Å². The van der Waals surface area contributed by atoms with Gasteiger partial charge >= 0.3 is 0 Å². The van der Waals surface area contributed by atoms with E-state index in [1.807, 2.05) is 0 Å². The van der Waals surface area contributed by atoms with Crippen LogP contribution in [0.2, 0.25) is 0 Å². The average molecular weight is 223 g/mol. The van der Waals surface area contributed by atoms with Gasteiger partial charge in [-0.05, 0) is 24.6 Å². The Kier molecular flexibility index (Phi) is 2.38. The van der Waals surface area contributed by atoms with E-state index in [0.717, 1.165) is 6.07 Å². The van der Waals surface area contributed by atoms with Gasteiger partial charge in [0, 0.05) is 18.7 Å². The molecular weight excluding hydrogens is 212 g/mol. The Balaban J connectivity index is 2.63. The zero-order valence-corrected chi connectivity index (χ0v) is 8.96. The number of aromatic nitrogens is 2. The number of hydrogen-bond acceptors (Lipinski definition) is 2. The highest BCUT2D eigenvalue weighted by Gasteiger charge is 2.14.